The highest BCUT2D eigenvalue weighted by Gasteiger charge is 2.32. The van der Waals surface area contributed by atoms with Crippen LogP contribution in [0.4, 0.5) is 24.1 Å². The molecule has 214 valence electrons. The second kappa shape index (κ2) is 10.0. The van der Waals surface area contributed by atoms with E-state index >= 15 is 8.78 Å². The van der Waals surface area contributed by atoms with E-state index < -0.39 is 63.2 Å². The van der Waals surface area contributed by atoms with Crippen LogP contribution in [0.15, 0.2) is 15.7 Å². The van der Waals surface area contributed by atoms with Gasteiger partial charge in [-0.25, -0.2) is 33.3 Å². The molecule has 0 bridgehead atoms. The van der Waals surface area contributed by atoms with E-state index in [1.165, 1.54) is 4.90 Å². The van der Waals surface area contributed by atoms with Crippen LogP contribution in [0.2, 0.25) is 0 Å². The average Bonchev–Trinajstić information content (AvgIpc) is 3.49. The number of ether oxygens (including phenoxy) is 2. The van der Waals surface area contributed by atoms with Gasteiger partial charge in [0, 0.05) is 25.2 Å². The highest BCUT2D eigenvalue weighted by Crippen LogP contribution is 2.31. The zero-order chi connectivity index (χ0) is 28.9. The van der Waals surface area contributed by atoms with Gasteiger partial charge in [0.25, 0.3) is 5.56 Å². The lowest BCUT2D eigenvalue weighted by atomic mass is 10.2. The third-order valence-electron chi connectivity index (χ3n) is 5.94. The molecule has 1 aromatic carbocycles. The molecule has 0 spiro atoms. The van der Waals surface area contributed by atoms with Crippen LogP contribution in [0.3, 0.4) is 0 Å². The Bertz CT molecular complexity index is 1420. The summed E-state index contributed by atoms with van der Waals surface area (Å²) in [5.41, 5.74) is 0.109. The van der Waals surface area contributed by atoms with E-state index in [1.807, 2.05) is 5.43 Å². The van der Waals surface area contributed by atoms with Crippen LogP contribution in [0.5, 0.6) is 0 Å². The second-order valence-corrected chi connectivity index (χ2v) is 11.8. The normalized spacial score (nSPS) is 17.7. The van der Waals surface area contributed by atoms with Gasteiger partial charge in [0.1, 0.15) is 27.9 Å². The lowest BCUT2D eigenvalue weighted by molar-refractivity contribution is 0.0507. The van der Waals surface area contributed by atoms with E-state index in [2.05, 4.69) is 10.7 Å². The minimum atomic E-state index is -1.25. The standard InChI is InChI=1S/C25H34F2N6O6/c1-24(2,3)38-21(35)28-14-9-10-31(12-14)16-11-15(26)17-19(18(16)27)32(29-13-7-8-13)23(37)33(20(17)34)30-22(36)39-25(4,5)6/h11,13-14,29H,7-10,12H2,1-6H3,(H,28,35)(H,30,36)/t14-/m0/s1. The fourth-order valence-corrected chi connectivity index (χ4v) is 4.21. The fraction of sp³-hybridized carbons (Fsp3) is 0.600. The third-order valence-corrected chi connectivity index (χ3v) is 5.94. The summed E-state index contributed by atoms with van der Waals surface area (Å²) in [5.74, 6) is -2.07. The Hall–Kier alpha value is -3.84. The lowest BCUT2D eigenvalue weighted by Crippen LogP contribution is -2.50. The van der Waals surface area contributed by atoms with Gasteiger partial charge in [0.15, 0.2) is 5.82 Å². The molecule has 0 unspecified atom stereocenters. The zero-order valence-electron chi connectivity index (χ0n) is 22.8. The van der Waals surface area contributed by atoms with Gasteiger partial charge in [0.2, 0.25) is 0 Å². The Morgan fingerprint density at radius 3 is 2.13 bits per heavy atom. The van der Waals surface area contributed by atoms with Crippen molar-refractivity contribution in [2.75, 3.05) is 28.8 Å². The molecule has 12 nitrogen and oxygen atoms in total. The average molecular weight is 553 g/mol. The van der Waals surface area contributed by atoms with E-state index in [1.54, 1.807) is 41.5 Å². The van der Waals surface area contributed by atoms with Crippen molar-refractivity contribution >= 4 is 28.8 Å². The number of amides is 2. The van der Waals surface area contributed by atoms with Gasteiger partial charge in [0.05, 0.1) is 11.7 Å². The zero-order valence-corrected chi connectivity index (χ0v) is 22.8. The molecule has 39 heavy (non-hydrogen) atoms. The molecule has 2 aromatic rings. The summed E-state index contributed by atoms with van der Waals surface area (Å²) >= 11 is 0. The Morgan fingerprint density at radius 2 is 1.54 bits per heavy atom. The maximum absolute atomic E-state index is 16.0. The summed E-state index contributed by atoms with van der Waals surface area (Å²) < 4.78 is 43.0. The Kier molecular flexibility index (Phi) is 7.25. The summed E-state index contributed by atoms with van der Waals surface area (Å²) in [4.78, 5) is 52.4. The SMILES string of the molecule is CC(C)(C)OC(=O)N[C@H]1CCN(c2cc(F)c3c(=O)n(NC(=O)OC(C)(C)C)c(=O)n(NC4CC4)c3c2F)C1. The Balaban J connectivity index is 1.72. The van der Waals surface area contributed by atoms with Crippen molar-refractivity contribution in [1.82, 2.24) is 14.7 Å². The largest absolute Gasteiger partial charge is 0.444 e. The minimum Gasteiger partial charge on any atom is -0.444 e. The first-order chi connectivity index (χ1) is 18.0. The van der Waals surface area contributed by atoms with E-state index in [-0.39, 0.29) is 24.8 Å². The fourth-order valence-electron chi connectivity index (χ4n) is 4.21. The van der Waals surface area contributed by atoms with Crippen molar-refractivity contribution in [2.24, 2.45) is 0 Å². The van der Waals surface area contributed by atoms with Crippen LogP contribution in [0, 0.1) is 11.6 Å². The van der Waals surface area contributed by atoms with Crippen molar-refractivity contribution in [2.45, 2.75) is 84.1 Å². The number of alkyl carbamates (subject to hydrolysis) is 1. The summed E-state index contributed by atoms with van der Waals surface area (Å²) in [6.45, 7) is 10.4. The Morgan fingerprint density at radius 1 is 0.923 bits per heavy atom. The molecule has 3 N–H and O–H groups in total. The van der Waals surface area contributed by atoms with Gasteiger partial charge >= 0.3 is 17.9 Å². The number of nitrogens with one attached hydrogen (secondary N) is 3. The number of carbonyl (C=O) groups excluding carboxylic acids is 2. The van der Waals surface area contributed by atoms with E-state index in [9.17, 15) is 19.2 Å². The number of hydrogen-bond acceptors (Lipinski definition) is 8. The molecule has 2 aliphatic rings. The van der Waals surface area contributed by atoms with Gasteiger partial charge < -0.3 is 25.1 Å². The summed E-state index contributed by atoms with van der Waals surface area (Å²) in [6, 6.07) is 0.285. The van der Waals surface area contributed by atoms with Crippen molar-refractivity contribution in [1.29, 1.82) is 0 Å². The lowest BCUT2D eigenvalue weighted by Gasteiger charge is -2.24. The molecule has 4 rings (SSSR count). The molecule has 1 saturated heterocycles. The monoisotopic (exact) mass is 552 g/mol. The number of rotatable bonds is 5. The van der Waals surface area contributed by atoms with Gasteiger partial charge in [-0.1, -0.05) is 0 Å². The van der Waals surface area contributed by atoms with Crippen LogP contribution in [0.25, 0.3) is 10.9 Å². The number of hydrogen-bond donors (Lipinski definition) is 3. The molecule has 1 aromatic heterocycles. The molecule has 1 aliphatic heterocycles. The van der Waals surface area contributed by atoms with E-state index in [4.69, 9.17) is 9.47 Å². The first-order valence-electron chi connectivity index (χ1n) is 12.7. The predicted molar refractivity (Wildman–Crippen MR) is 140 cm³/mol. The van der Waals surface area contributed by atoms with Crippen LogP contribution in [-0.4, -0.2) is 57.9 Å². The van der Waals surface area contributed by atoms with E-state index in [0.717, 1.165) is 10.7 Å². The molecule has 2 amide bonds. The van der Waals surface area contributed by atoms with Crippen LogP contribution < -0.4 is 32.3 Å². The number of halogens is 2. The van der Waals surface area contributed by atoms with Crippen molar-refractivity contribution < 1.29 is 27.8 Å². The number of benzene rings is 1. The van der Waals surface area contributed by atoms with Crippen LogP contribution in [-0.2, 0) is 9.47 Å². The molecular formula is C25H34F2N6O6. The number of anilines is 1. The number of fused-ring (bicyclic) bond motifs is 1. The van der Waals surface area contributed by atoms with Crippen molar-refractivity contribution in [3.8, 4) is 0 Å². The number of nitrogens with zero attached hydrogens (tertiary/aromatic N) is 3. The molecule has 14 heteroatoms. The van der Waals surface area contributed by atoms with Gasteiger partial charge in [-0.3, -0.25) is 4.79 Å². The van der Waals surface area contributed by atoms with Gasteiger partial charge in [-0.15, -0.1) is 0 Å². The van der Waals surface area contributed by atoms with Crippen LogP contribution >= 0.6 is 0 Å². The van der Waals surface area contributed by atoms with Gasteiger partial charge in [-0.2, -0.15) is 4.68 Å². The van der Waals surface area contributed by atoms with Crippen LogP contribution in [0.1, 0.15) is 60.8 Å². The molecule has 1 aliphatic carbocycles. The number of carbonyl (C=O) groups is 2. The number of aromatic nitrogens is 2. The third kappa shape index (κ3) is 6.42. The highest BCUT2D eigenvalue weighted by molar-refractivity contribution is 5.85. The smallest absolute Gasteiger partial charge is 0.427 e. The highest BCUT2D eigenvalue weighted by atomic mass is 19.1. The Labute approximate surface area is 223 Å². The minimum absolute atomic E-state index is 0.151. The summed E-state index contributed by atoms with van der Waals surface area (Å²) in [7, 11) is 0. The quantitative estimate of drug-likeness (QED) is 0.515. The van der Waals surface area contributed by atoms with Gasteiger partial charge in [-0.05, 0) is 60.8 Å². The first-order valence-corrected chi connectivity index (χ1v) is 12.7. The van der Waals surface area contributed by atoms with Crippen molar-refractivity contribution in [3.63, 3.8) is 0 Å². The molecule has 1 saturated carbocycles. The summed E-state index contributed by atoms with van der Waals surface area (Å²) in [5, 5.41) is 2.00. The first kappa shape index (κ1) is 28.2. The topological polar surface area (TPSA) is 136 Å². The van der Waals surface area contributed by atoms with Crippen molar-refractivity contribution in [3.05, 3.63) is 38.5 Å². The summed E-state index contributed by atoms with van der Waals surface area (Å²) in [6.07, 6.45) is 0.0607. The molecule has 2 heterocycles. The maximum atomic E-state index is 16.0. The van der Waals surface area contributed by atoms with E-state index in [0.29, 0.717) is 23.9 Å². The second-order valence-electron chi connectivity index (χ2n) is 11.8. The molecule has 0 radical (unpaired) electrons. The maximum Gasteiger partial charge on any atom is 0.427 e. The predicted octanol–water partition coefficient (Wildman–Crippen LogP) is 2.73. The molecule has 2 fully saturated rings. The molecule has 1 atom stereocenters. The molecular weight excluding hydrogens is 518 g/mol.